The van der Waals surface area contributed by atoms with E-state index >= 15 is 0 Å². The molecule has 0 radical (unpaired) electrons. The zero-order valence-corrected chi connectivity index (χ0v) is 21.4. The van der Waals surface area contributed by atoms with Crippen LogP contribution in [0.15, 0.2) is 0 Å². The fraction of sp³-hybridized carbons (Fsp3) is 0.800. The Bertz CT molecular complexity index is 841. The van der Waals surface area contributed by atoms with Crippen LogP contribution in [0, 0.1) is 0 Å². The number of nitrogens with two attached hydrogens (primary N) is 1. The van der Waals surface area contributed by atoms with E-state index < -0.39 is 84.5 Å². The second-order valence-corrected chi connectivity index (χ2v) is 8.69. The van der Waals surface area contributed by atoms with E-state index in [1.165, 1.54) is 13.8 Å². The van der Waals surface area contributed by atoms with Gasteiger partial charge in [-0.3, -0.25) is 19.2 Å². The summed E-state index contributed by atoms with van der Waals surface area (Å²) in [6.07, 6.45) is -8.85. The first-order valence-electron chi connectivity index (χ1n) is 11.3. The summed E-state index contributed by atoms with van der Waals surface area (Å²) in [6, 6.07) is -3.38. The lowest BCUT2D eigenvalue weighted by Gasteiger charge is -2.47. The molecule has 1 saturated heterocycles. The third-order valence-electron chi connectivity index (χ3n) is 5.75. The van der Waals surface area contributed by atoms with E-state index in [9.17, 15) is 48.4 Å². The third-order valence-corrected chi connectivity index (χ3v) is 5.75. The second-order valence-electron chi connectivity index (χ2n) is 8.69. The Morgan fingerprint density at radius 1 is 1.03 bits per heavy atom. The number of hydrogen-bond donors (Lipinski definition) is 10. The van der Waals surface area contributed by atoms with Gasteiger partial charge in [0.15, 0.2) is 0 Å². The van der Waals surface area contributed by atoms with Crippen molar-refractivity contribution in [1.29, 1.82) is 0 Å². The van der Waals surface area contributed by atoms with E-state index in [1.54, 1.807) is 0 Å². The van der Waals surface area contributed by atoms with Crippen LogP contribution < -0.4 is 21.7 Å². The summed E-state index contributed by atoms with van der Waals surface area (Å²) in [4.78, 5) is 46.8. The molecule has 0 aromatic rings. The molecule has 1 aliphatic rings. The van der Waals surface area contributed by atoms with E-state index in [0.29, 0.717) is 0 Å². The minimum absolute atomic E-state index is 0. The van der Waals surface area contributed by atoms with E-state index in [2.05, 4.69) is 15.4 Å². The predicted octanol–water partition coefficient (Wildman–Crippen LogP) is -4.09. The molecule has 1 rings (SSSR count). The number of carboxylic acid groups (broad SMARTS) is 1. The smallest absolute Gasteiger partial charge is 0.379 e. The van der Waals surface area contributed by atoms with E-state index in [-0.39, 0.29) is 38.2 Å². The lowest BCUT2D eigenvalue weighted by molar-refractivity contribution is -0.401. The first-order chi connectivity index (χ1) is 17.0. The molecule has 222 valence electrons. The van der Waals surface area contributed by atoms with Crippen molar-refractivity contribution in [1.82, 2.24) is 16.0 Å². The second kappa shape index (κ2) is 14.8. The number of carbonyl (C=O) groups excluding carboxylic acids is 3. The Hall–Kier alpha value is -2.25. The maximum absolute atomic E-state index is 14.6. The molecular weight excluding hydrogens is 546 g/mol. The van der Waals surface area contributed by atoms with E-state index in [4.69, 9.17) is 15.9 Å². The summed E-state index contributed by atoms with van der Waals surface area (Å²) in [5, 5.41) is 63.5. The SMILES string of the molecule is C[C@H](NC(=O)[C@H](C)NC(=O)[C@@H](N)CCCCNC(=O)C(F)(F)[C@]1(O)O[C@H](CO)[C@H](O)[C@H](O)[C@H]1O)C(=O)O.Cl. The molecule has 1 heterocycles. The number of unbranched alkanes of at least 4 members (excludes halogenated alkanes) is 1. The molecule has 38 heavy (non-hydrogen) atoms. The van der Waals surface area contributed by atoms with E-state index in [0.717, 1.165) is 0 Å². The molecular formula is C20H35ClF2N4O11. The lowest BCUT2D eigenvalue weighted by atomic mass is 9.88. The number of amides is 3. The van der Waals surface area contributed by atoms with Gasteiger partial charge in [0.2, 0.25) is 11.8 Å². The van der Waals surface area contributed by atoms with Crippen LogP contribution in [-0.4, -0.2) is 122 Å². The van der Waals surface area contributed by atoms with Gasteiger partial charge in [-0.25, -0.2) is 0 Å². The van der Waals surface area contributed by atoms with Crippen LogP contribution in [0.4, 0.5) is 8.78 Å². The monoisotopic (exact) mass is 580 g/mol. The maximum atomic E-state index is 14.6. The van der Waals surface area contributed by atoms with Crippen molar-refractivity contribution in [3.05, 3.63) is 0 Å². The standard InChI is InChI=1S/C20H34F2N4O11.ClH/c1-8(15(31)26-9(2)17(33)34)25-16(32)10(23)5-3-4-6-24-18(35)19(21,22)20(36)14(30)13(29)12(28)11(7-27)37-20;/h8-14,27-30,36H,3-7,23H2,1-2H3,(H,24,35)(H,25,32)(H,26,31)(H,33,34);1H/t8-,9-,10-,11+,12-,13-,14+,20+;/m0./s1. The first kappa shape index (κ1) is 35.8. The van der Waals surface area contributed by atoms with Crippen LogP contribution in [0.2, 0.25) is 0 Å². The van der Waals surface area contributed by atoms with Gasteiger partial charge in [-0.15, -0.1) is 12.4 Å². The van der Waals surface area contributed by atoms with Crippen molar-refractivity contribution < 1.29 is 63.3 Å². The number of aliphatic hydroxyl groups is 5. The zero-order valence-electron chi connectivity index (χ0n) is 20.5. The Morgan fingerprint density at radius 2 is 1.58 bits per heavy atom. The van der Waals surface area contributed by atoms with Crippen LogP contribution in [0.1, 0.15) is 33.1 Å². The summed E-state index contributed by atoms with van der Waals surface area (Å²) in [7, 11) is 0. The van der Waals surface area contributed by atoms with Gasteiger partial charge in [-0.2, -0.15) is 8.78 Å². The predicted molar refractivity (Wildman–Crippen MR) is 125 cm³/mol. The highest BCUT2D eigenvalue weighted by Gasteiger charge is 2.69. The Morgan fingerprint density at radius 3 is 2.11 bits per heavy atom. The number of alkyl halides is 2. The fourth-order valence-corrected chi connectivity index (χ4v) is 3.30. The highest BCUT2D eigenvalue weighted by molar-refractivity contribution is 5.91. The molecule has 11 N–H and O–H groups in total. The number of halogens is 3. The molecule has 0 aliphatic carbocycles. The van der Waals surface area contributed by atoms with Crippen molar-refractivity contribution >= 4 is 36.1 Å². The molecule has 18 heteroatoms. The Labute approximate surface area is 222 Å². The van der Waals surface area contributed by atoms with Gasteiger partial charge in [0.25, 0.3) is 11.7 Å². The first-order valence-corrected chi connectivity index (χ1v) is 11.3. The average molecular weight is 581 g/mol. The maximum Gasteiger partial charge on any atom is 0.379 e. The van der Waals surface area contributed by atoms with Gasteiger partial charge in [0.1, 0.15) is 36.5 Å². The third kappa shape index (κ3) is 8.37. The summed E-state index contributed by atoms with van der Waals surface area (Å²) in [5.74, 6) is -13.6. The molecule has 0 aromatic carbocycles. The molecule has 0 bridgehead atoms. The number of ether oxygens (including phenoxy) is 1. The summed E-state index contributed by atoms with van der Waals surface area (Å²) >= 11 is 0. The highest BCUT2D eigenvalue weighted by atomic mass is 35.5. The molecule has 0 unspecified atom stereocenters. The van der Waals surface area contributed by atoms with E-state index in [1.807, 2.05) is 5.32 Å². The summed E-state index contributed by atoms with van der Waals surface area (Å²) in [6.45, 7) is 1.06. The van der Waals surface area contributed by atoms with Gasteiger partial charge < -0.3 is 57.1 Å². The van der Waals surface area contributed by atoms with Crippen LogP contribution in [0.3, 0.4) is 0 Å². The number of carbonyl (C=O) groups is 4. The fourth-order valence-electron chi connectivity index (χ4n) is 3.30. The number of hydrogen-bond acceptors (Lipinski definition) is 11. The number of carboxylic acids is 1. The zero-order chi connectivity index (χ0) is 28.7. The van der Waals surface area contributed by atoms with Crippen LogP contribution >= 0.6 is 12.4 Å². The number of aliphatic carboxylic acids is 1. The highest BCUT2D eigenvalue weighted by Crippen LogP contribution is 2.39. The lowest BCUT2D eigenvalue weighted by Crippen LogP contribution is -2.73. The van der Waals surface area contributed by atoms with Gasteiger partial charge in [-0.1, -0.05) is 0 Å². The van der Waals surface area contributed by atoms with Crippen LogP contribution in [0.25, 0.3) is 0 Å². The average Bonchev–Trinajstić information content (AvgIpc) is 2.83. The summed E-state index contributed by atoms with van der Waals surface area (Å²) in [5.41, 5.74) is 5.72. The van der Waals surface area contributed by atoms with Gasteiger partial charge in [0, 0.05) is 6.54 Å². The number of aliphatic hydroxyl groups excluding tert-OH is 4. The number of rotatable bonds is 13. The molecule has 1 fully saturated rings. The van der Waals surface area contributed by atoms with Crippen molar-refractivity contribution in [3.63, 3.8) is 0 Å². The van der Waals surface area contributed by atoms with Gasteiger partial charge in [-0.05, 0) is 33.1 Å². The van der Waals surface area contributed by atoms with Crippen LogP contribution in [-0.2, 0) is 23.9 Å². The quantitative estimate of drug-likeness (QED) is 0.0932. The molecule has 0 spiro atoms. The topological polar surface area (TPSA) is 261 Å². The van der Waals surface area contributed by atoms with Crippen molar-refractivity contribution in [2.24, 2.45) is 5.73 Å². The molecule has 3 amide bonds. The van der Waals surface area contributed by atoms with Crippen molar-refractivity contribution in [2.75, 3.05) is 13.2 Å². The molecule has 15 nitrogen and oxygen atoms in total. The van der Waals surface area contributed by atoms with Gasteiger partial charge >= 0.3 is 11.9 Å². The Kier molecular flexibility index (Phi) is 13.9. The summed E-state index contributed by atoms with van der Waals surface area (Å²) < 4.78 is 33.8. The number of nitrogens with one attached hydrogen (secondary N) is 3. The van der Waals surface area contributed by atoms with Gasteiger partial charge in [0.05, 0.1) is 12.6 Å². The molecule has 0 saturated carbocycles. The van der Waals surface area contributed by atoms with Crippen molar-refractivity contribution in [3.8, 4) is 0 Å². The molecule has 1 aliphatic heterocycles. The molecule has 0 aromatic heterocycles. The Balaban J connectivity index is 0.0000137. The normalized spacial score (nSPS) is 27.7. The van der Waals surface area contributed by atoms with Crippen molar-refractivity contribution in [2.45, 2.75) is 87.4 Å². The minimum Gasteiger partial charge on any atom is -0.480 e. The minimum atomic E-state index is -4.81. The largest absolute Gasteiger partial charge is 0.480 e. The van der Waals surface area contributed by atoms with Crippen LogP contribution in [0.5, 0.6) is 0 Å². The molecule has 8 atom stereocenters.